The highest BCUT2D eigenvalue weighted by Gasteiger charge is 2.04. The lowest BCUT2D eigenvalue weighted by Crippen LogP contribution is -2.06. The molecule has 0 bridgehead atoms. The van der Waals surface area contributed by atoms with Crippen LogP contribution in [0.4, 0.5) is 0 Å². The van der Waals surface area contributed by atoms with Gasteiger partial charge in [-0.05, 0) is 38.3 Å². The van der Waals surface area contributed by atoms with E-state index < -0.39 is 0 Å². The number of carbonyl (C=O) groups excluding carboxylic acids is 1. The van der Waals surface area contributed by atoms with Crippen molar-refractivity contribution in [3.63, 3.8) is 0 Å². The van der Waals surface area contributed by atoms with Gasteiger partial charge in [0.15, 0.2) is 0 Å². The van der Waals surface area contributed by atoms with Crippen LogP contribution in [0.1, 0.15) is 45.6 Å². The van der Waals surface area contributed by atoms with E-state index in [9.17, 15) is 4.79 Å². The van der Waals surface area contributed by atoms with E-state index in [4.69, 9.17) is 4.74 Å². The molecule has 0 radical (unpaired) electrons. The Hall–Kier alpha value is -1.38. The lowest BCUT2D eigenvalue weighted by Gasteiger charge is -2.10. The van der Waals surface area contributed by atoms with Crippen molar-refractivity contribution < 1.29 is 9.53 Å². The van der Waals surface area contributed by atoms with Gasteiger partial charge in [-0.3, -0.25) is 9.78 Å². The number of ether oxygens (including phenoxy) is 1. The molecule has 0 fully saturated rings. The molecule has 1 heterocycles. The maximum atomic E-state index is 11.4. The number of aryl methyl sites for hydroxylation is 1. The zero-order valence-electron chi connectivity index (χ0n) is 10.9. The van der Waals surface area contributed by atoms with Crippen LogP contribution in [0, 0.1) is 0 Å². The number of hydrogen-bond acceptors (Lipinski definition) is 3. The summed E-state index contributed by atoms with van der Waals surface area (Å²) in [5, 5.41) is 0. The van der Waals surface area contributed by atoms with Gasteiger partial charge in [-0.1, -0.05) is 6.92 Å². The van der Waals surface area contributed by atoms with Crippen LogP contribution in [0.25, 0.3) is 0 Å². The molecule has 1 aromatic rings. The standard InChI is InChI=1S/C14H21NO2/c1-4-5-13(16)7-6-12-8-14(10-15-9-12)17-11(2)3/h8-11H,4-7H2,1-3H3. The van der Waals surface area contributed by atoms with Gasteiger partial charge in [0.05, 0.1) is 12.3 Å². The molecule has 0 saturated heterocycles. The van der Waals surface area contributed by atoms with Crippen LogP contribution in [-0.4, -0.2) is 16.9 Å². The monoisotopic (exact) mass is 235 g/mol. The molecule has 0 spiro atoms. The van der Waals surface area contributed by atoms with E-state index in [1.54, 1.807) is 12.4 Å². The van der Waals surface area contributed by atoms with Crippen LogP contribution in [-0.2, 0) is 11.2 Å². The Kier molecular flexibility index (Phi) is 5.67. The lowest BCUT2D eigenvalue weighted by atomic mass is 10.1. The highest BCUT2D eigenvalue weighted by molar-refractivity contribution is 5.78. The van der Waals surface area contributed by atoms with Crippen molar-refractivity contribution in [3.8, 4) is 5.75 Å². The Morgan fingerprint density at radius 3 is 2.76 bits per heavy atom. The molecule has 1 rings (SSSR count). The van der Waals surface area contributed by atoms with Crippen LogP contribution in [0.5, 0.6) is 5.75 Å². The first-order chi connectivity index (χ1) is 8.11. The summed E-state index contributed by atoms with van der Waals surface area (Å²) in [6.45, 7) is 5.99. The predicted octanol–water partition coefficient (Wildman–Crippen LogP) is 3.17. The van der Waals surface area contributed by atoms with E-state index in [-0.39, 0.29) is 6.10 Å². The molecule has 0 aliphatic carbocycles. The van der Waals surface area contributed by atoms with Crippen LogP contribution in [0.2, 0.25) is 0 Å². The van der Waals surface area contributed by atoms with E-state index in [2.05, 4.69) is 4.98 Å². The van der Waals surface area contributed by atoms with Gasteiger partial charge in [-0.2, -0.15) is 0 Å². The van der Waals surface area contributed by atoms with E-state index in [0.29, 0.717) is 18.6 Å². The fourth-order valence-electron chi connectivity index (χ4n) is 1.62. The number of rotatable bonds is 7. The van der Waals surface area contributed by atoms with Crippen molar-refractivity contribution in [1.82, 2.24) is 4.98 Å². The van der Waals surface area contributed by atoms with Gasteiger partial charge in [0.25, 0.3) is 0 Å². The van der Waals surface area contributed by atoms with Gasteiger partial charge in [-0.15, -0.1) is 0 Å². The fraction of sp³-hybridized carbons (Fsp3) is 0.571. The molecular formula is C14H21NO2. The number of nitrogens with zero attached hydrogens (tertiary/aromatic N) is 1. The number of aromatic nitrogens is 1. The van der Waals surface area contributed by atoms with Crippen molar-refractivity contribution in [2.24, 2.45) is 0 Å². The van der Waals surface area contributed by atoms with E-state index in [0.717, 1.165) is 24.2 Å². The Labute approximate surface area is 103 Å². The molecule has 0 saturated carbocycles. The Balaban J connectivity index is 2.51. The largest absolute Gasteiger partial charge is 0.489 e. The average Bonchev–Trinajstić information content (AvgIpc) is 2.26. The third-order valence-corrected chi connectivity index (χ3v) is 2.36. The molecule has 3 nitrogen and oxygen atoms in total. The third-order valence-electron chi connectivity index (χ3n) is 2.36. The molecule has 0 atom stereocenters. The topological polar surface area (TPSA) is 39.2 Å². The SMILES string of the molecule is CCCC(=O)CCc1cncc(OC(C)C)c1. The zero-order valence-corrected chi connectivity index (χ0v) is 10.9. The number of pyridine rings is 1. The molecular weight excluding hydrogens is 214 g/mol. The highest BCUT2D eigenvalue weighted by Crippen LogP contribution is 2.14. The summed E-state index contributed by atoms with van der Waals surface area (Å²) in [6.07, 6.45) is 6.60. The Morgan fingerprint density at radius 2 is 2.12 bits per heavy atom. The molecule has 0 amide bonds. The predicted molar refractivity (Wildman–Crippen MR) is 68.2 cm³/mol. The maximum Gasteiger partial charge on any atom is 0.138 e. The average molecular weight is 235 g/mol. The van der Waals surface area contributed by atoms with Crippen molar-refractivity contribution >= 4 is 5.78 Å². The summed E-state index contributed by atoms with van der Waals surface area (Å²) in [6, 6.07) is 1.96. The summed E-state index contributed by atoms with van der Waals surface area (Å²) < 4.78 is 5.56. The van der Waals surface area contributed by atoms with Gasteiger partial charge in [0.2, 0.25) is 0 Å². The second-order valence-electron chi connectivity index (χ2n) is 4.48. The number of carbonyl (C=O) groups is 1. The van der Waals surface area contributed by atoms with Crippen LogP contribution in [0.3, 0.4) is 0 Å². The van der Waals surface area contributed by atoms with Gasteiger partial charge in [0, 0.05) is 19.0 Å². The molecule has 0 aromatic carbocycles. The van der Waals surface area contributed by atoms with Crippen molar-refractivity contribution in [2.75, 3.05) is 0 Å². The lowest BCUT2D eigenvalue weighted by molar-refractivity contribution is -0.119. The first-order valence-corrected chi connectivity index (χ1v) is 6.24. The second-order valence-corrected chi connectivity index (χ2v) is 4.48. The van der Waals surface area contributed by atoms with Crippen LogP contribution >= 0.6 is 0 Å². The summed E-state index contributed by atoms with van der Waals surface area (Å²) in [7, 11) is 0. The smallest absolute Gasteiger partial charge is 0.138 e. The number of ketones is 1. The first-order valence-electron chi connectivity index (χ1n) is 6.24. The van der Waals surface area contributed by atoms with Crippen molar-refractivity contribution in [1.29, 1.82) is 0 Å². The first kappa shape index (κ1) is 13.7. The molecule has 0 aliphatic rings. The van der Waals surface area contributed by atoms with Crippen molar-refractivity contribution in [2.45, 2.75) is 52.6 Å². The normalized spacial score (nSPS) is 10.6. The Morgan fingerprint density at radius 1 is 1.35 bits per heavy atom. The molecule has 0 N–H and O–H groups in total. The minimum atomic E-state index is 0.147. The van der Waals surface area contributed by atoms with Gasteiger partial charge in [0.1, 0.15) is 11.5 Å². The zero-order chi connectivity index (χ0) is 12.7. The molecule has 3 heteroatoms. The minimum Gasteiger partial charge on any atom is -0.489 e. The summed E-state index contributed by atoms with van der Waals surface area (Å²) >= 11 is 0. The summed E-state index contributed by atoms with van der Waals surface area (Å²) in [5.74, 6) is 1.10. The van der Waals surface area contributed by atoms with Gasteiger partial charge in [-0.25, -0.2) is 0 Å². The number of Topliss-reactive ketones (excluding diaryl/α,β-unsaturated/α-hetero) is 1. The summed E-state index contributed by atoms with van der Waals surface area (Å²) in [5.41, 5.74) is 1.06. The summed E-state index contributed by atoms with van der Waals surface area (Å²) in [4.78, 5) is 15.6. The third kappa shape index (κ3) is 5.48. The molecule has 94 valence electrons. The van der Waals surface area contributed by atoms with Crippen molar-refractivity contribution in [3.05, 3.63) is 24.0 Å². The molecule has 1 aromatic heterocycles. The fourth-order valence-corrected chi connectivity index (χ4v) is 1.62. The van der Waals surface area contributed by atoms with E-state index in [1.807, 2.05) is 26.8 Å². The molecule has 17 heavy (non-hydrogen) atoms. The quantitative estimate of drug-likeness (QED) is 0.728. The molecule has 0 unspecified atom stereocenters. The Bertz CT molecular complexity index is 361. The second kappa shape index (κ2) is 7.05. The van der Waals surface area contributed by atoms with Crippen LogP contribution < -0.4 is 4.74 Å². The number of hydrogen-bond donors (Lipinski definition) is 0. The minimum absolute atomic E-state index is 0.147. The van der Waals surface area contributed by atoms with E-state index in [1.165, 1.54) is 0 Å². The van der Waals surface area contributed by atoms with E-state index >= 15 is 0 Å². The van der Waals surface area contributed by atoms with Gasteiger partial charge < -0.3 is 4.74 Å². The maximum absolute atomic E-state index is 11.4. The highest BCUT2D eigenvalue weighted by atomic mass is 16.5. The molecule has 0 aliphatic heterocycles. The van der Waals surface area contributed by atoms with Crippen LogP contribution in [0.15, 0.2) is 18.5 Å². The van der Waals surface area contributed by atoms with Gasteiger partial charge >= 0.3 is 0 Å².